The number of hydrogen-bond donors (Lipinski definition) is 1. The highest BCUT2D eigenvalue weighted by molar-refractivity contribution is 6.04. The normalized spacial score (nSPS) is 11.3. The van der Waals surface area contributed by atoms with E-state index >= 15 is 0 Å². The zero-order valence-electron chi connectivity index (χ0n) is 14.0. The average Bonchev–Trinajstić information content (AvgIpc) is 3.09. The second-order valence-corrected chi connectivity index (χ2v) is 6.64. The molecule has 2 heterocycles. The molecular weight excluding hydrogens is 300 g/mol. The molecule has 0 unspecified atom stereocenters. The number of benzene rings is 1. The Labute approximate surface area is 141 Å². The van der Waals surface area contributed by atoms with E-state index < -0.39 is 0 Å². The summed E-state index contributed by atoms with van der Waals surface area (Å²) in [5, 5.41) is 6.98. The first-order valence-corrected chi connectivity index (χ1v) is 7.81. The lowest BCUT2D eigenvalue weighted by atomic mass is 9.87. The van der Waals surface area contributed by atoms with Crippen LogP contribution in [0.5, 0.6) is 0 Å². The van der Waals surface area contributed by atoms with Gasteiger partial charge in [-0.3, -0.25) is 4.79 Å². The van der Waals surface area contributed by atoms with E-state index in [1.807, 2.05) is 48.7 Å². The maximum Gasteiger partial charge on any atom is 0.255 e. The summed E-state index contributed by atoms with van der Waals surface area (Å²) >= 11 is 0. The van der Waals surface area contributed by atoms with Crippen LogP contribution in [0, 0.1) is 0 Å². The smallest absolute Gasteiger partial charge is 0.255 e. The van der Waals surface area contributed by atoms with Crippen LogP contribution in [0.1, 0.15) is 36.7 Å². The Kier molecular flexibility index (Phi) is 4.16. The zero-order valence-corrected chi connectivity index (χ0v) is 14.0. The number of amides is 1. The third-order valence-corrected chi connectivity index (χ3v) is 3.76. The van der Waals surface area contributed by atoms with Crippen molar-refractivity contribution in [2.24, 2.45) is 0 Å². The van der Waals surface area contributed by atoms with Gasteiger partial charge in [0.15, 0.2) is 5.82 Å². The highest BCUT2D eigenvalue weighted by Gasteiger charge is 2.14. The maximum atomic E-state index is 12.3. The largest absolute Gasteiger partial charge is 0.321 e. The minimum Gasteiger partial charge on any atom is -0.321 e. The molecule has 0 aliphatic rings. The van der Waals surface area contributed by atoms with Gasteiger partial charge in [-0.1, -0.05) is 32.9 Å². The van der Waals surface area contributed by atoms with Crippen LogP contribution in [0.2, 0.25) is 0 Å². The van der Waals surface area contributed by atoms with E-state index in [-0.39, 0.29) is 11.3 Å². The molecule has 0 aliphatic carbocycles. The van der Waals surface area contributed by atoms with Gasteiger partial charge in [-0.15, -0.1) is 0 Å². The van der Waals surface area contributed by atoms with Crippen LogP contribution < -0.4 is 5.32 Å². The van der Waals surface area contributed by atoms with Gasteiger partial charge in [0, 0.05) is 18.0 Å². The van der Waals surface area contributed by atoms with E-state index in [2.05, 4.69) is 36.2 Å². The van der Waals surface area contributed by atoms with Gasteiger partial charge in [0.05, 0.1) is 11.9 Å². The number of aromatic nitrogens is 3. The van der Waals surface area contributed by atoms with E-state index in [1.54, 1.807) is 17.1 Å². The number of rotatable bonds is 3. The second-order valence-electron chi connectivity index (χ2n) is 6.64. The molecule has 0 saturated heterocycles. The SMILES string of the molecule is CC(C)(C)c1ccc(C(=O)Nc2ccc(-n3cccn3)nc2)cc1. The van der Waals surface area contributed by atoms with E-state index in [0.29, 0.717) is 17.1 Å². The molecule has 0 bridgehead atoms. The molecule has 2 aromatic heterocycles. The molecule has 0 fully saturated rings. The molecule has 0 aliphatic heterocycles. The fraction of sp³-hybridized carbons (Fsp3) is 0.211. The minimum absolute atomic E-state index is 0.0707. The fourth-order valence-corrected chi connectivity index (χ4v) is 2.32. The average molecular weight is 320 g/mol. The van der Waals surface area contributed by atoms with E-state index in [4.69, 9.17) is 0 Å². The Hall–Kier alpha value is -2.95. The number of hydrogen-bond acceptors (Lipinski definition) is 3. The van der Waals surface area contributed by atoms with Crippen molar-refractivity contribution in [3.05, 3.63) is 72.2 Å². The third kappa shape index (κ3) is 3.51. The van der Waals surface area contributed by atoms with Gasteiger partial charge in [-0.05, 0) is 41.3 Å². The van der Waals surface area contributed by atoms with Gasteiger partial charge in [0.25, 0.3) is 5.91 Å². The highest BCUT2D eigenvalue weighted by Crippen LogP contribution is 2.22. The van der Waals surface area contributed by atoms with Crippen molar-refractivity contribution in [2.45, 2.75) is 26.2 Å². The first-order chi connectivity index (χ1) is 11.4. The molecule has 0 spiro atoms. The lowest BCUT2D eigenvalue weighted by Crippen LogP contribution is -2.14. The van der Waals surface area contributed by atoms with Crippen LogP contribution in [0.3, 0.4) is 0 Å². The first-order valence-electron chi connectivity index (χ1n) is 7.81. The van der Waals surface area contributed by atoms with Crippen LogP contribution >= 0.6 is 0 Å². The summed E-state index contributed by atoms with van der Waals surface area (Å²) < 4.78 is 1.66. The Morgan fingerprint density at radius 1 is 1.08 bits per heavy atom. The molecule has 0 saturated carbocycles. The predicted octanol–water partition coefficient (Wildman–Crippen LogP) is 3.82. The molecule has 0 atom stereocenters. The van der Waals surface area contributed by atoms with Gasteiger partial charge < -0.3 is 5.32 Å². The van der Waals surface area contributed by atoms with Crippen LogP contribution in [0.4, 0.5) is 5.69 Å². The topological polar surface area (TPSA) is 59.8 Å². The lowest BCUT2D eigenvalue weighted by molar-refractivity contribution is 0.102. The Balaban J connectivity index is 1.70. The molecule has 0 radical (unpaired) electrons. The number of nitrogens with zero attached hydrogens (tertiary/aromatic N) is 3. The fourth-order valence-electron chi connectivity index (χ4n) is 2.32. The number of nitrogens with one attached hydrogen (secondary N) is 1. The summed E-state index contributed by atoms with van der Waals surface area (Å²) in [7, 11) is 0. The summed E-state index contributed by atoms with van der Waals surface area (Å²) in [6, 6.07) is 13.1. The monoisotopic (exact) mass is 320 g/mol. The molecule has 122 valence electrons. The van der Waals surface area contributed by atoms with Gasteiger partial charge in [0.1, 0.15) is 0 Å². The molecule has 1 aromatic carbocycles. The number of pyridine rings is 1. The molecule has 24 heavy (non-hydrogen) atoms. The van der Waals surface area contributed by atoms with Crippen molar-refractivity contribution < 1.29 is 4.79 Å². The Morgan fingerprint density at radius 2 is 1.83 bits per heavy atom. The summed E-state index contributed by atoms with van der Waals surface area (Å²) in [4.78, 5) is 16.6. The van der Waals surface area contributed by atoms with Gasteiger partial charge in [0.2, 0.25) is 0 Å². The molecular formula is C19H20N4O. The van der Waals surface area contributed by atoms with Crippen molar-refractivity contribution in [3.63, 3.8) is 0 Å². The zero-order chi connectivity index (χ0) is 17.2. The lowest BCUT2D eigenvalue weighted by Gasteiger charge is -2.19. The molecule has 1 N–H and O–H groups in total. The third-order valence-electron chi connectivity index (χ3n) is 3.76. The number of carbonyl (C=O) groups excluding carboxylic acids is 1. The molecule has 5 nitrogen and oxygen atoms in total. The summed E-state index contributed by atoms with van der Waals surface area (Å²) in [6.45, 7) is 6.44. The Bertz CT molecular complexity index is 813. The molecule has 3 aromatic rings. The quantitative estimate of drug-likeness (QED) is 0.798. The van der Waals surface area contributed by atoms with Crippen molar-refractivity contribution in [1.29, 1.82) is 0 Å². The molecule has 1 amide bonds. The van der Waals surface area contributed by atoms with Crippen LogP contribution in [0.15, 0.2) is 61.1 Å². The van der Waals surface area contributed by atoms with E-state index in [0.717, 1.165) is 0 Å². The van der Waals surface area contributed by atoms with Gasteiger partial charge in [-0.2, -0.15) is 5.10 Å². The standard InChI is InChI=1S/C19H20N4O/c1-19(2,3)15-7-5-14(6-8-15)18(24)22-16-9-10-17(20-13-16)23-12-4-11-21-23/h4-13H,1-3H3,(H,22,24). The van der Waals surface area contributed by atoms with Crippen LogP contribution in [-0.4, -0.2) is 20.7 Å². The van der Waals surface area contributed by atoms with E-state index in [9.17, 15) is 4.79 Å². The van der Waals surface area contributed by atoms with Crippen molar-refractivity contribution >= 4 is 11.6 Å². The Morgan fingerprint density at radius 3 is 2.38 bits per heavy atom. The number of anilines is 1. The predicted molar refractivity (Wildman–Crippen MR) is 94.5 cm³/mol. The molecule has 5 heteroatoms. The first kappa shape index (κ1) is 15.9. The summed E-state index contributed by atoms with van der Waals surface area (Å²) in [6.07, 6.45) is 5.13. The maximum absolute atomic E-state index is 12.3. The van der Waals surface area contributed by atoms with Crippen molar-refractivity contribution in [2.75, 3.05) is 5.32 Å². The van der Waals surface area contributed by atoms with E-state index in [1.165, 1.54) is 5.56 Å². The van der Waals surface area contributed by atoms with Gasteiger partial charge >= 0.3 is 0 Å². The second kappa shape index (κ2) is 6.28. The van der Waals surface area contributed by atoms with Crippen molar-refractivity contribution in [1.82, 2.24) is 14.8 Å². The van der Waals surface area contributed by atoms with Gasteiger partial charge in [-0.25, -0.2) is 9.67 Å². The minimum atomic E-state index is -0.149. The van der Waals surface area contributed by atoms with Crippen LogP contribution in [0.25, 0.3) is 5.82 Å². The van der Waals surface area contributed by atoms with Crippen molar-refractivity contribution in [3.8, 4) is 5.82 Å². The molecule has 3 rings (SSSR count). The summed E-state index contributed by atoms with van der Waals surface area (Å²) in [5.41, 5.74) is 2.54. The van der Waals surface area contributed by atoms with Crippen LogP contribution in [-0.2, 0) is 5.41 Å². The number of carbonyl (C=O) groups is 1. The summed E-state index contributed by atoms with van der Waals surface area (Å²) in [5.74, 6) is 0.552. The highest BCUT2D eigenvalue weighted by atomic mass is 16.1.